The second kappa shape index (κ2) is 7.30. The van der Waals surface area contributed by atoms with Gasteiger partial charge in [-0.1, -0.05) is 0 Å². The molecule has 154 valence electrons. The van der Waals surface area contributed by atoms with Gasteiger partial charge >= 0.3 is 0 Å². The standard InChI is InChI=1S/C20H22N8O2/c1-21-17-10-16(24-14-4-3-8-27-9-7-22-19(14)27)26-18-12(11-23-28(17)18)20(29)25-13-5-6-15(13)30-2/h3-4,7-11,13,15,21H,5-6H2,1-2H3,(H,24,26)(H,25,29)/t13-,15-/m0/s1. The van der Waals surface area contributed by atoms with Gasteiger partial charge in [0.2, 0.25) is 0 Å². The molecule has 1 fully saturated rings. The molecule has 10 nitrogen and oxygen atoms in total. The van der Waals surface area contributed by atoms with Gasteiger partial charge in [-0.05, 0) is 25.0 Å². The zero-order valence-corrected chi connectivity index (χ0v) is 16.7. The molecule has 4 aromatic heterocycles. The average Bonchev–Trinajstić information content (AvgIpc) is 3.38. The number of nitrogens with zero attached hydrogens (tertiary/aromatic N) is 5. The number of fused-ring (bicyclic) bond motifs is 2. The summed E-state index contributed by atoms with van der Waals surface area (Å²) in [6.45, 7) is 0. The van der Waals surface area contributed by atoms with E-state index in [9.17, 15) is 4.79 Å². The van der Waals surface area contributed by atoms with Gasteiger partial charge in [0.1, 0.15) is 17.2 Å². The van der Waals surface area contributed by atoms with Crippen molar-refractivity contribution in [3.63, 3.8) is 0 Å². The van der Waals surface area contributed by atoms with Gasteiger partial charge in [0.15, 0.2) is 11.3 Å². The maximum atomic E-state index is 12.9. The number of anilines is 3. The molecule has 4 heterocycles. The molecule has 30 heavy (non-hydrogen) atoms. The molecular weight excluding hydrogens is 384 g/mol. The monoisotopic (exact) mass is 406 g/mol. The molecule has 0 aromatic carbocycles. The Balaban J connectivity index is 1.50. The van der Waals surface area contributed by atoms with Gasteiger partial charge in [0.25, 0.3) is 5.91 Å². The Morgan fingerprint density at radius 1 is 1.27 bits per heavy atom. The van der Waals surface area contributed by atoms with E-state index in [1.807, 2.05) is 35.0 Å². The van der Waals surface area contributed by atoms with E-state index < -0.39 is 0 Å². The van der Waals surface area contributed by atoms with Crippen molar-refractivity contribution >= 4 is 34.5 Å². The smallest absolute Gasteiger partial charge is 0.257 e. The molecule has 1 aliphatic carbocycles. The highest BCUT2D eigenvalue weighted by Crippen LogP contribution is 2.26. The van der Waals surface area contributed by atoms with E-state index in [1.165, 1.54) is 6.20 Å². The fourth-order valence-electron chi connectivity index (χ4n) is 3.71. The SMILES string of the molecule is CNc1cc(Nc2cccn3ccnc23)nc2c(C(=O)N[C@H]3CC[C@@H]3OC)cnn12. The molecule has 1 saturated carbocycles. The van der Waals surface area contributed by atoms with Gasteiger partial charge < -0.3 is 25.1 Å². The van der Waals surface area contributed by atoms with E-state index in [2.05, 4.69) is 31.0 Å². The summed E-state index contributed by atoms with van der Waals surface area (Å²) in [5.74, 6) is 1.07. The molecule has 4 aromatic rings. The van der Waals surface area contributed by atoms with Crippen LogP contribution in [0.25, 0.3) is 11.3 Å². The highest BCUT2D eigenvalue weighted by atomic mass is 16.5. The minimum absolute atomic E-state index is 0.0144. The van der Waals surface area contributed by atoms with Crippen molar-refractivity contribution in [2.24, 2.45) is 0 Å². The summed E-state index contributed by atoms with van der Waals surface area (Å²) in [5, 5.41) is 13.8. The van der Waals surface area contributed by atoms with Crippen LogP contribution in [0.3, 0.4) is 0 Å². The lowest BCUT2D eigenvalue weighted by Crippen LogP contribution is -2.51. The Labute approximate surface area is 172 Å². The molecule has 0 radical (unpaired) electrons. The summed E-state index contributed by atoms with van der Waals surface area (Å²) in [4.78, 5) is 21.9. The van der Waals surface area contributed by atoms with Gasteiger partial charge in [-0.3, -0.25) is 4.79 Å². The number of aromatic nitrogens is 5. The number of nitrogens with one attached hydrogen (secondary N) is 3. The molecule has 1 amide bonds. The number of amides is 1. The summed E-state index contributed by atoms with van der Waals surface area (Å²) < 4.78 is 8.91. The fraction of sp³-hybridized carbons (Fsp3) is 0.300. The normalized spacial score (nSPS) is 18.3. The molecule has 0 unspecified atom stereocenters. The van der Waals surface area contributed by atoms with E-state index in [-0.39, 0.29) is 18.1 Å². The van der Waals surface area contributed by atoms with Crippen molar-refractivity contribution in [2.45, 2.75) is 25.0 Å². The number of pyridine rings is 1. The first-order valence-electron chi connectivity index (χ1n) is 9.77. The Bertz CT molecular complexity index is 1230. The van der Waals surface area contributed by atoms with Gasteiger partial charge in [-0.25, -0.2) is 9.97 Å². The molecule has 10 heteroatoms. The van der Waals surface area contributed by atoms with Gasteiger partial charge in [0.05, 0.1) is 24.0 Å². The average molecular weight is 406 g/mol. The highest BCUT2D eigenvalue weighted by molar-refractivity contribution is 6.00. The number of carbonyl (C=O) groups is 1. The van der Waals surface area contributed by atoms with Crippen molar-refractivity contribution < 1.29 is 9.53 Å². The van der Waals surface area contributed by atoms with Crippen molar-refractivity contribution in [2.75, 3.05) is 24.8 Å². The minimum Gasteiger partial charge on any atom is -0.379 e. The predicted molar refractivity (Wildman–Crippen MR) is 112 cm³/mol. The summed E-state index contributed by atoms with van der Waals surface area (Å²) in [5.41, 5.74) is 2.47. The molecule has 0 aliphatic heterocycles. The van der Waals surface area contributed by atoms with Crippen LogP contribution in [0.2, 0.25) is 0 Å². The molecule has 0 saturated heterocycles. The number of methoxy groups -OCH3 is 1. The molecule has 5 rings (SSSR count). The second-order valence-electron chi connectivity index (χ2n) is 7.21. The topological polar surface area (TPSA) is 110 Å². The lowest BCUT2D eigenvalue weighted by molar-refractivity contribution is 0.00732. The Hall–Kier alpha value is -3.66. The van der Waals surface area contributed by atoms with Crippen molar-refractivity contribution in [1.29, 1.82) is 0 Å². The van der Waals surface area contributed by atoms with Crippen LogP contribution in [-0.4, -0.2) is 56.2 Å². The third kappa shape index (κ3) is 3.01. The number of hydrogen-bond acceptors (Lipinski definition) is 7. The first-order chi connectivity index (χ1) is 14.7. The van der Waals surface area contributed by atoms with E-state index >= 15 is 0 Å². The first-order valence-corrected chi connectivity index (χ1v) is 9.77. The maximum Gasteiger partial charge on any atom is 0.257 e. The highest BCUT2D eigenvalue weighted by Gasteiger charge is 2.33. The van der Waals surface area contributed by atoms with Crippen LogP contribution in [0.5, 0.6) is 0 Å². The zero-order valence-electron chi connectivity index (χ0n) is 16.7. The quantitative estimate of drug-likeness (QED) is 0.450. The molecule has 3 N–H and O–H groups in total. The van der Waals surface area contributed by atoms with Gasteiger partial charge in [-0.15, -0.1) is 0 Å². The van der Waals surface area contributed by atoms with Crippen LogP contribution in [0.4, 0.5) is 17.3 Å². The Morgan fingerprint density at radius 2 is 2.17 bits per heavy atom. The number of hydrogen-bond donors (Lipinski definition) is 3. The predicted octanol–water partition coefficient (Wildman–Crippen LogP) is 2.07. The molecular formula is C20H22N8O2. The molecule has 0 bridgehead atoms. The second-order valence-corrected chi connectivity index (χ2v) is 7.21. The van der Waals surface area contributed by atoms with E-state index in [1.54, 1.807) is 24.9 Å². The third-order valence-corrected chi connectivity index (χ3v) is 5.48. The summed E-state index contributed by atoms with van der Waals surface area (Å²) in [7, 11) is 3.46. The molecule has 0 spiro atoms. The molecule has 1 aliphatic rings. The van der Waals surface area contributed by atoms with E-state index in [0.717, 1.165) is 24.2 Å². The number of rotatable bonds is 6. The first kappa shape index (κ1) is 18.4. The van der Waals surface area contributed by atoms with Gasteiger partial charge in [0, 0.05) is 38.8 Å². The van der Waals surface area contributed by atoms with Gasteiger partial charge in [-0.2, -0.15) is 9.61 Å². The zero-order chi connectivity index (χ0) is 20.7. The van der Waals surface area contributed by atoms with Crippen molar-refractivity contribution in [3.8, 4) is 0 Å². The van der Waals surface area contributed by atoms with Crippen LogP contribution >= 0.6 is 0 Å². The number of carbonyl (C=O) groups excluding carboxylic acids is 1. The van der Waals surface area contributed by atoms with Crippen LogP contribution in [-0.2, 0) is 4.74 Å². The third-order valence-electron chi connectivity index (χ3n) is 5.48. The van der Waals surface area contributed by atoms with Crippen molar-refractivity contribution in [3.05, 3.63) is 48.5 Å². The Kier molecular flexibility index (Phi) is 4.47. The van der Waals surface area contributed by atoms with Crippen LogP contribution < -0.4 is 16.0 Å². The summed E-state index contributed by atoms with van der Waals surface area (Å²) in [6.07, 6.45) is 9.00. The Morgan fingerprint density at radius 3 is 2.93 bits per heavy atom. The van der Waals surface area contributed by atoms with Crippen molar-refractivity contribution in [1.82, 2.24) is 29.3 Å². The summed E-state index contributed by atoms with van der Waals surface area (Å²) in [6, 6.07) is 5.71. The van der Waals surface area contributed by atoms with Crippen LogP contribution in [0, 0.1) is 0 Å². The maximum absolute atomic E-state index is 12.9. The number of imidazole rings is 1. The lowest BCUT2D eigenvalue weighted by Gasteiger charge is -2.35. The molecule has 2 atom stereocenters. The number of ether oxygens (including phenoxy) is 1. The van der Waals surface area contributed by atoms with Crippen LogP contribution in [0.1, 0.15) is 23.2 Å². The largest absolute Gasteiger partial charge is 0.379 e. The fourth-order valence-corrected chi connectivity index (χ4v) is 3.71. The van der Waals surface area contributed by atoms with Crippen LogP contribution in [0.15, 0.2) is 43.0 Å². The summed E-state index contributed by atoms with van der Waals surface area (Å²) >= 11 is 0. The van der Waals surface area contributed by atoms with E-state index in [4.69, 9.17) is 4.74 Å². The van der Waals surface area contributed by atoms with E-state index in [0.29, 0.717) is 22.8 Å². The minimum atomic E-state index is -0.209. The lowest BCUT2D eigenvalue weighted by atomic mass is 9.89.